The second kappa shape index (κ2) is 7.42. The molecule has 114 valence electrons. The summed E-state index contributed by atoms with van der Waals surface area (Å²) in [7, 11) is 0. The summed E-state index contributed by atoms with van der Waals surface area (Å²) in [5.41, 5.74) is 0.997. The third kappa shape index (κ3) is 4.32. The van der Waals surface area contributed by atoms with Crippen LogP contribution in [0.25, 0.3) is 0 Å². The number of hydrogen-bond acceptors (Lipinski definition) is 3. The molecule has 0 bridgehead atoms. The van der Waals surface area contributed by atoms with Crippen molar-refractivity contribution in [2.75, 3.05) is 5.32 Å². The second-order valence-electron chi connectivity index (χ2n) is 4.56. The van der Waals surface area contributed by atoms with E-state index in [1.54, 1.807) is 49.4 Å². The topological polar surface area (TPSA) is 55.4 Å². The molecule has 0 aliphatic rings. The predicted octanol–water partition coefficient (Wildman–Crippen LogP) is 4.32. The third-order valence-electron chi connectivity index (χ3n) is 2.88. The van der Waals surface area contributed by atoms with Crippen molar-refractivity contribution in [3.8, 4) is 5.75 Å². The number of halogens is 2. The largest absolute Gasteiger partial charge is 0.480 e. The van der Waals surface area contributed by atoms with Crippen molar-refractivity contribution < 1.29 is 14.3 Å². The zero-order chi connectivity index (χ0) is 16.1. The summed E-state index contributed by atoms with van der Waals surface area (Å²) < 4.78 is 6.32. The number of carbonyl (C=O) groups excluding carboxylic acids is 2. The summed E-state index contributed by atoms with van der Waals surface area (Å²) in [4.78, 5) is 23.1. The standard InChI is InChI=1S/C16H13BrClNO3/c1-10(16(21)19-14-5-3-13(18)4-6-14)22-15-7-2-12(17)8-11(15)9-20/h2-10H,1H3,(H,19,21)/t10-/m0/s1. The molecular weight excluding hydrogens is 370 g/mol. The van der Waals surface area contributed by atoms with Crippen LogP contribution in [0.5, 0.6) is 5.75 Å². The van der Waals surface area contributed by atoms with Crippen molar-refractivity contribution in [3.63, 3.8) is 0 Å². The number of anilines is 1. The number of rotatable bonds is 5. The van der Waals surface area contributed by atoms with Gasteiger partial charge in [0, 0.05) is 15.2 Å². The van der Waals surface area contributed by atoms with Gasteiger partial charge in [0.25, 0.3) is 5.91 Å². The van der Waals surface area contributed by atoms with Gasteiger partial charge in [-0.15, -0.1) is 0 Å². The van der Waals surface area contributed by atoms with Gasteiger partial charge in [-0.1, -0.05) is 27.5 Å². The molecule has 1 amide bonds. The number of ether oxygens (including phenoxy) is 1. The summed E-state index contributed by atoms with van der Waals surface area (Å²) in [6, 6.07) is 11.8. The van der Waals surface area contributed by atoms with Crippen LogP contribution in [0, 0.1) is 0 Å². The summed E-state index contributed by atoms with van der Waals surface area (Å²) in [5, 5.41) is 3.31. The highest BCUT2D eigenvalue weighted by atomic mass is 79.9. The lowest BCUT2D eigenvalue weighted by atomic mass is 10.2. The Morgan fingerprint density at radius 2 is 1.95 bits per heavy atom. The molecule has 22 heavy (non-hydrogen) atoms. The van der Waals surface area contributed by atoms with E-state index in [0.717, 1.165) is 4.47 Å². The minimum Gasteiger partial charge on any atom is -0.480 e. The second-order valence-corrected chi connectivity index (χ2v) is 5.91. The Hall–Kier alpha value is -1.85. The van der Waals surface area contributed by atoms with Gasteiger partial charge in [-0.05, 0) is 49.4 Å². The molecular formula is C16H13BrClNO3. The van der Waals surface area contributed by atoms with Crippen LogP contribution in [0.4, 0.5) is 5.69 Å². The van der Waals surface area contributed by atoms with E-state index in [-0.39, 0.29) is 5.91 Å². The van der Waals surface area contributed by atoms with Crippen LogP contribution in [0.15, 0.2) is 46.9 Å². The van der Waals surface area contributed by atoms with Crippen LogP contribution in [-0.2, 0) is 4.79 Å². The molecule has 4 nitrogen and oxygen atoms in total. The highest BCUT2D eigenvalue weighted by Crippen LogP contribution is 2.23. The highest BCUT2D eigenvalue weighted by Gasteiger charge is 2.16. The molecule has 0 spiro atoms. The Bertz CT molecular complexity index is 688. The molecule has 0 unspecified atom stereocenters. The van der Waals surface area contributed by atoms with Crippen LogP contribution in [-0.4, -0.2) is 18.3 Å². The fraction of sp³-hybridized carbons (Fsp3) is 0.125. The molecule has 1 atom stereocenters. The number of benzene rings is 2. The van der Waals surface area contributed by atoms with Crippen molar-refractivity contribution in [2.24, 2.45) is 0 Å². The van der Waals surface area contributed by atoms with Crippen LogP contribution in [0.3, 0.4) is 0 Å². The zero-order valence-electron chi connectivity index (χ0n) is 11.7. The van der Waals surface area contributed by atoms with E-state index >= 15 is 0 Å². The maximum atomic E-state index is 12.1. The Morgan fingerprint density at radius 1 is 1.27 bits per heavy atom. The van der Waals surface area contributed by atoms with E-state index in [2.05, 4.69) is 21.2 Å². The molecule has 0 saturated carbocycles. The van der Waals surface area contributed by atoms with Crippen molar-refractivity contribution in [1.29, 1.82) is 0 Å². The molecule has 0 heterocycles. The molecule has 0 aliphatic heterocycles. The Balaban J connectivity index is 2.05. The monoisotopic (exact) mass is 381 g/mol. The molecule has 0 saturated heterocycles. The molecule has 0 radical (unpaired) electrons. The van der Waals surface area contributed by atoms with Gasteiger partial charge in [0.2, 0.25) is 0 Å². The minimum atomic E-state index is -0.754. The van der Waals surface area contributed by atoms with E-state index in [9.17, 15) is 9.59 Å². The summed E-state index contributed by atoms with van der Waals surface area (Å²) in [6.45, 7) is 1.61. The summed E-state index contributed by atoms with van der Waals surface area (Å²) in [6.07, 6.45) is -0.0697. The van der Waals surface area contributed by atoms with Crippen molar-refractivity contribution >= 4 is 45.4 Å². The molecule has 0 aromatic heterocycles. The number of nitrogens with one attached hydrogen (secondary N) is 1. The summed E-state index contributed by atoms with van der Waals surface area (Å²) in [5.74, 6) is 0.0408. The van der Waals surface area contributed by atoms with Gasteiger partial charge in [-0.3, -0.25) is 9.59 Å². The van der Waals surface area contributed by atoms with Gasteiger partial charge >= 0.3 is 0 Å². The lowest BCUT2D eigenvalue weighted by Crippen LogP contribution is -2.30. The first kappa shape index (κ1) is 16.5. The average molecular weight is 383 g/mol. The average Bonchev–Trinajstić information content (AvgIpc) is 2.51. The van der Waals surface area contributed by atoms with E-state index < -0.39 is 6.10 Å². The lowest BCUT2D eigenvalue weighted by Gasteiger charge is -2.16. The molecule has 2 rings (SSSR count). The first-order chi connectivity index (χ1) is 10.5. The molecule has 0 aliphatic carbocycles. The molecule has 1 N–H and O–H groups in total. The number of aldehydes is 1. The maximum absolute atomic E-state index is 12.1. The smallest absolute Gasteiger partial charge is 0.265 e. The van der Waals surface area contributed by atoms with Crippen molar-refractivity contribution in [1.82, 2.24) is 0 Å². The van der Waals surface area contributed by atoms with Crippen LogP contribution >= 0.6 is 27.5 Å². The molecule has 2 aromatic carbocycles. The van der Waals surface area contributed by atoms with E-state index in [0.29, 0.717) is 28.3 Å². The van der Waals surface area contributed by atoms with Gasteiger partial charge in [0.1, 0.15) is 5.75 Å². The Labute approximate surface area is 141 Å². The van der Waals surface area contributed by atoms with Crippen molar-refractivity contribution in [2.45, 2.75) is 13.0 Å². The Kier molecular flexibility index (Phi) is 5.57. The predicted molar refractivity (Wildman–Crippen MR) is 89.7 cm³/mol. The van der Waals surface area contributed by atoms with Gasteiger partial charge in [0.05, 0.1) is 5.56 Å². The van der Waals surface area contributed by atoms with E-state index in [1.807, 2.05) is 0 Å². The fourth-order valence-corrected chi connectivity index (χ4v) is 2.24. The Morgan fingerprint density at radius 3 is 2.59 bits per heavy atom. The number of carbonyl (C=O) groups is 2. The molecule has 0 fully saturated rings. The quantitative estimate of drug-likeness (QED) is 0.784. The minimum absolute atomic E-state index is 0.318. The normalized spacial score (nSPS) is 11.6. The van der Waals surface area contributed by atoms with Crippen LogP contribution in [0.2, 0.25) is 5.02 Å². The van der Waals surface area contributed by atoms with Gasteiger partial charge in [-0.2, -0.15) is 0 Å². The van der Waals surface area contributed by atoms with Crippen molar-refractivity contribution in [3.05, 3.63) is 57.5 Å². The highest BCUT2D eigenvalue weighted by molar-refractivity contribution is 9.10. The van der Waals surface area contributed by atoms with E-state index in [4.69, 9.17) is 16.3 Å². The van der Waals surface area contributed by atoms with Crippen LogP contribution in [0.1, 0.15) is 17.3 Å². The summed E-state index contributed by atoms with van der Waals surface area (Å²) >= 11 is 9.07. The first-order valence-corrected chi connectivity index (χ1v) is 7.64. The van der Waals surface area contributed by atoms with E-state index in [1.165, 1.54) is 0 Å². The first-order valence-electron chi connectivity index (χ1n) is 6.47. The van der Waals surface area contributed by atoms with Gasteiger partial charge < -0.3 is 10.1 Å². The molecule has 6 heteroatoms. The SMILES string of the molecule is C[C@H](Oc1ccc(Br)cc1C=O)C(=O)Nc1ccc(Cl)cc1. The fourth-order valence-electron chi connectivity index (χ4n) is 1.74. The third-order valence-corrected chi connectivity index (χ3v) is 3.63. The number of hydrogen-bond donors (Lipinski definition) is 1. The maximum Gasteiger partial charge on any atom is 0.265 e. The molecule has 2 aromatic rings. The lowest BCUT2D eigenvalue weighted by molar-refractivity contribution is -0.122. The van der Waals surface area contributed by atoms with Crippen LogP contribution < -0.4 is 10.1 Å². The zero-order valence-corrected chi connectivity index (χ0v) is 14.0. The van der Waals surface area contributed by atoms with Gasteiger partial charge in [0.15, 0.2) is 12.4 Å². The van der Waals surface area contributed by atoms with Gasteiger partial charge in [-0.25, -0.2) is 0 Å². The number of amides is 1.